The average molecular weight is 426 g/mol. The van der Waals surface area contributed by atoms with E-state index in [-0.39, 0.29) is 23.7 Å². The van der Waals surface area contributed by atoms with Gasteiger partial charge >= 0.3 is 0 Å². The van der Waals surface area contributed by atoms with E-state index in [4.69, 9.17) is 4.74 Å². The summed E-state index contributed by atoms with van der Waals surface area (Å²) in [5.74, 6) is -3.36. The average Bonchev–Trinajstić information content (AvgIpc) is 3.44. The summed E-state index contributed by atoms with van der Waals surface area (Å²) in [4.78, 5) is 0. The Balaban J connectivity index is 1.84. The number of aryl methyl sites for hydroxylation is 1. The lowest BCUT2D eigenvalue weighted by atomic mass is 10.1. The molecule has 29 heavy (non-hydrogen) atoms. The fourth-order valence-corrected chi connectivity index (χ4v) is 5.30. The van der Waals surface area contributed by atoms with Gasteiger partial charge < -0.3 is 10.1 Å². The quantitative estimate of drug-likeness (QED) is 0.710. The first-order chi connectivity index (χ1) is 13.7. The fourth-order valence-electron chi connectivity index (χ4n) is 3.56. The maximum absolute atomic E-state index is 14.7. The van der Waals surface area contributed by atoms with E-state index in [9.17, 15) is 21.6 Å². The van der Waals surface area contributed by atoms with Gasteiger partial charge in [0.05, 0.1) is 17.0 Å². The highest BCUT2D eigenvalue weighted by molar-refractivity contribution is 7.94. The molecule has 4 rings (SSSR count). The molecule has 0 aromatic heterocycles. The van der Waals surface area contributed by atoms with Crippen LogP contribution < -0.4 is 14.8 Å². The second-order valence-corrected chi connectivity index (χ2v) is 9.70. The van der Waals surface area contributed by atoms with E-state index in [1.54, 1.807) is 13.0 Å². The molecule has 0 saturated heterocycles. The summed E-state index contributed by atoms with van der Waals surface area (Å²) in [7, 11) is -3.88. The second-order valence-electron chi connectivity index (χ2n) is 7.62. The molecule has 1 fully saturated rings. The topological polar surface area (TPSA) is 67.4 Å². The first-order valence-corrected chi connectivity index (χ1v) is 10.9. The van der Waals surface area contributed by atoms with Gasteiger partial charge in [-0.3, -0.25) is 4.72 Å². The van der Waals surface area contributed by atoms with Crippen molar-refractivity contribution < 1.29 is 26.3 Å². The molecule has 2 aromatic carbocycles. The molecule has 5 nitrogen and oxygen atoms in total. The van der Waals surface area contributed by atoms with E-state index in [0.717, 1.165) is 6.07 Å². The SMILES string of the molecule is Cc1ccc(Nc2c(F)c(F)cc3c2NS(=O)(=O)C2(CCCCO3)CC2)c(F)c1. The third-order valence-corrected chi connectivity index (χ3v) is 7.69. The van der Waals surface area contributed by atoms with Crippen molar-refractivity contribution in [1.82, 2.24) is 0 Å². The van der Waals surface area contributed by atoms with Gasteiger partial charge in [-0.1, -0.05) is 6.07 Å². The molecule has 9 heteroatoms. The van der Waals surface area contributed by atoms with Crippen molar-refractivity contribution in [2.45, 2.75) is 43.8 Å². The molecule has 0 bridgehead atoms. The molecule has 1 spiro atoms. The van der Waals surface area contributed by atoms with E-state index in [1.807, 2.05) is 0 Å². The Morgan fingerprint density at radius 1 is 1.07 bits per heavy atom. The Morgan fingerprint density at radius 3 is 2.52 bits per heavy atom. The number of halogens is 3. The second kappa shape index (κ2) is 7.12. The maximum atomic E-state index is 14.7. The zero-order valence-electron chi connectivity index (χ0n) is 15.8. The predicted molar refractivity (Wildman–Crippen MR) is 105 cm³/mol. The van der Waals surface area contributed by atoms with Gasteiger partial charge in [-0.25, -0.2) is 21.6 Å². The van der Waals surface area contributed by atoms with E-state index in [0.29, 0.717) is 37.7 Å². The van der Waals surface area contributed by atoms with Crippen LogP contribution in [0, 0.1) is 24.4 Å². The highest BCUT2D eigenvalue weighted by atomic mass is 32.2. The lowest BCUT2D eigenvalue weighted by molar-refractivity contribution is 0.303. The van der Waals surface area contributed by atoms with Crippen LogP contribution in [-0.2, 0) is 10.0 Å². The van der Waals surface area contributed by atoms with Crippen LogP contribution in [0.3, 0.4) is 0 Å². The van der Waals surface area contributed by atoms with Gasteiger partial charge in [-0.15, -0.1) is 0 Å². The van der Waals surface area contributed by atoms with Crippen molar-refractivity contribution in [1.29, 1.82) is 0 Å². The number of nitrogens with one attached hydrogen (secondary N) is 2. The lowest BCUT2D eigenvalue weighted by Gasteiger charge is -2.24. The van der Waals surface area contributed by atoms with E-state index in [1.165, 1.54) is 12.1 Å². The molecule has 1 aliphatic carbocycles. The van der Waals surface area contributed by atoms with Gasteiger partial charge in [0.2, 0.25) is 10.0 Å². The highest BCUT2D eigenvalue weighted by Crippen LogP contribution is 2.50. The van der Waals surface area contributed by atoms with Gasteiger partial charge in [-0.2, -0.15) is 0 Å². The Labute approximate surface area is 167 Å². The smallest absolute Gasteiger partial charge is 0.238 e. The van der Waals surface area contributed by atoms with Crippen molar-refractivity contribution in [3.05, 3.63) is 47.3 Å². The summed E-state index contributed by atoms with van der Waals surface area (Å²) in [6, 6.07) is 5.02. The summed E-state index contributed by atoms with van der Waals surface area (Å²) in [6.07, 6.45) is 2.74. The van der Waals surface area contributed by atoms with Crippen LogP contribution in [-0.4, -0.2) is 19.8 Å². The minimum Gasteiger partial charge on any atom is -0.491 e. The monoisotopic (exact) mass is 426 g/mol. The lowest BCUT2D eigenvalue weighted by Crippen LogP contribution is -2.31. The van der Waals surface area contributed by atoms with Crippen molar-refractivity contribution in [3.63, 3.8) is 0 Å². The molecule has 2 aromatic rings. The van der Waals surface area contributed by atoms with Crippen molar-refractivity contribution >= 4 is 27.1 Å². The van der Waals surface area contributed by atoms with Crippen LogP contribution in [0.1, 0.15) is 37.7 Å². The third kappa shape index (κ3) is 3.63. The van der Waals surface area contributed by atoms with Gasteiger partial charge in [0.25, 0.3) is 0 Å². The van der Waals surface area contributed by atoms with Crippen LogP contribution in [0.2, 0.25) is 0 Å². The van der Waals surface area contributed by atoms with Crippen LogP contribution >= 0.6 is 0 Å². The van der Waals surface area contributed by atoms with Crippen molar-refractivity contribution in [3.8, 4) is 5.75 Å². The molecule has 2 N–H and O–H groups in total. The largest absolute Gasteiger partial charge is 0.491 e. The number of hydrogen-bond acceptors (Lipinski definition) is 4. The van der Waals surface area contributed by atoms with E-state index < -0.39 is 37.9 Å². The summed E-state index contributed by atoms with van der Waals surface area (Å²) < 4.78 is 76.3. The Hall–Kier alpha value is -2.42. The van der Waals surface area contributed by atoms with Crippen LogP contribution in [0.4, 0.5) is 30.2 Å². The zero-order chi connectivity index (χ0) is 20.8. The molecule has 0 amide bonds. The van der Waals surface area contributed by atoms with Crippen LogP contribution in [0.25, 0.3) is 0 Å². The molecule has 156 valence electrons. The summed E-state index contributed by atoms with van der Waals surface area (Å²) in [5.41, 5.74) is -0.227. The number of fused-ring (bicyclic) bond motifs is 1. The Morgan fingerprint density at radius 2 is 1.83 bits per heavy atom. The molecule has 0 atom stereocenters. The molecule has 1 aliphatic heterocycles. The molecular formula is C20H21F3N2O3S. The Kier molecular flexibility index (Phi) is 4.88. The summed E-state index contributed by atoms with van der Waals surface area (Å²) >= 11 is 0. The minimum absolute atomic E-state index is 0.111. The molecule has 0 radical (unpaired) electrons. The molecular weight excluding hydrogens is 405 g/mol. The first kappa shape index (κ1) is 19.9. The Bertz CT molecular complexity index is 1070. The van der Waals surface area contributed by atoms with Gasteiger partial charge in [-0.05, 0) is 56.7 Å². The van der Waals surface area contributed by atoms with Gasteiger partial charge in [0, 0.05) is 6.07 Å². The number of benzene rings is 2. The van der Waals surface area contributed by atoms with E-state index in [2.05, 4.69) is 10.0 Å². The number of sulfonamides is 1. The number of anilines is 3. The molecule has 2 aliphatic rings. The summed E-state index contributed by atoms with van der Waals surface area (Å²) in [5, 5.41) is 2.51. The summed E-state index contributed by atoms with van der Waals surface area (Å²) in [6.45, 7) is 1.92. The predicted octanol–water partition coefficient (Wildman–Crippen LogP) is 4.99. The zero-order valence-corrected chi connectivity index (χ0v) is 16.6. The highest BCUT2D eigenvalue weighted by Gasteiger charge is 2.54. The molecule has 0 unspecified atom stereocenters. The number of rotatable bonds is 2. The standard InChI is InChI=1S/C20H21F3N2O3S/c1-12-4-5-15(13(21)10-12)24-19-17(23)14(22)11-16-18(19)25-29(26,27)20(7-8-20)6-2-3-9-28-16/h4-5,10-11,24-25H,2-3,6-9H2,1H3. The van der Waals surface area contributed by atoms with Gasteiger partial charge in [0.15, 0.2) is 11.6 Å². The third-order valence-electron chi connectivity index (χ3n) is 5.47. The van der Waals surface area contributed by atoms with E-state index >= 15 is 0 Å². The van der Waals surface area contributed by atoms with Crippen molar-refractivity contribution in [2.75, 3.05) is 16.6 Å². The first-order valence-electron chi connectivity index (χ1n) is 9.43. The number of hydrogen-bond donors (Lipinski definition) is 2. The fraction of sp³-hybridized carbons (Fsp3) is 0.400. The van der Waals surface area contributed by atoms with Crippen molar-refractivity contribution in [2.24, 2.45) is 0 Å². The van der Waals surface area contributed by atoms with Gasteiger partial charge in [0.1, 0.15) is 22.9 Å². The van der Waals surface area contributed by atoms with Crippen LogP contribution in [0.5, 0.6) is 5.75 Å². The molecule has 1 heterocycles. The maximum Gasteiger partial charge on any atom is 0.238 e. The van der Waals surface area contributed by atoms with Crippen LogP contribution in [0.15, 0.2) is 24.3 Å². The normalized spacial score (nSPS) is 19.6. The molecule has 1 saturated carbocycles. The number of ether oxygens (including phenoxy) is 1. The minimum atomic E-state index is -3.88.